The Kier molecular flexibility index (Phi) is 5.09. The van der Waals surface area contributed by atoms with Gasteiger partial charge in [0.15, 0.2) is 0 Å². The molecule has 1 N–H and O–H groups in total. The van der Waals surface area contributed by atoms with Gasteiger partial charge >= 0.3 is 0 Å². The number of nitrogens with one attached hydrogen (secondary N) is 1. The number of nitrogens with zero attached hydrogens (tertiary/aromatic N) is 2. The Morgan fingerprint density at radius 3 is 2.43 bits per heavy atom. The lowest BCUT2D eigenvalue weighted by atomic mass is 10.1. The van der Waals surface area contributed by atoms with Gasteiger partial charge in [0, 0.05) is 50.6 Å². The number of hydrogen-bond acceptors (Lipinski definition) is 3. The molecule has 3 nitrogen and oxygen atoms in total. The van der Waals surface area contributed by atoms with Crippen LogP contribution in [0.5, 0.6) is 0 Å². The average molecular weight is 330 g/mol. The Bertz CT molecular complexity index is 636. The lowest BCUT2D eigenvalue weighted by molar-refractivity contribution is 0.250. The summed E-state index contributed by atoms with van der Waals surface area (Å²) in [4.78, 5) is 5.07. The molecule has 4 heteroatoms. The van der Waals surface area contributed by atoms with Crippen LogP contribution < -0.4 is 10.2 Å². The quantitative estimate of drug-likeness (QED) is 0.931. The summed E-state index contributed by atoms with van der Waals surface area (Å²) < 4.78 is 0. The van der Waals surface area contributed by atoms with Crippen molar-refractivity contribution in [2.75, 3.05) is 42.9 Å². The second-order valence-electron chi connectivity index (χ2n) is 6.23. The first-order valence-corrected chi connectivity index (χ1v) is 8.27. The van der Waals surface area contributed by atoms with E-state index in [-0.39, 0.29) is 12.4 Å². The molecule has 2 heterocycles. The molecule has 0 aliphatic carbocycles. The van der Waals surface area contributed by atoms with Gasteiger partial charge in [-0.05, 0) is 29.7 Å². The van der Waals surface area contributed by atoms with Crippen LogP contribution in [0.25, 0.3) is 0 Å². The first-order valence-electron chi connectivity index (χ1n) is 8.27. The van der Waals surface area contributed by atoms with Crippen molar-refractivity contribution in [1.82, 2.24) is 4.90 Å². The lowest BCUT2D eigenvalue weighted by Crippen LogP contribution is -2.46. The molecule has 0 amide bonds. The van der Waals surface area contributed by atoms with E-state index < -0.39 is 0 Å². The predicted octanol–water partition coefficient (Wildman–Crippen LogP) is 3.40. The highest BCUT2D eigenvalue weighted by Gasteiger charge is 2.20. The van der Waals surface area contributed by atoms with E-state index in [0.29, 0.717) is 0 Å². The van der Waals surface area contributed by atoms with E-state index in [1.54, 1.807) is 0 Å². The van der Waals surface area contributed by atoms with Crippen LogP contribution in [0.15, 0.2) is 48.5 Å². The highest BCUT2D eigenvalue weighted by molar-refractivity contribution is 5.85. The summed E-state index contributed by atoms with van der Waals surface area (Å²) in [6, 6.07) is 17.5. The van der Waals surface area contributed by atoms with E-state index in [0.717, 1.165) is 39.3 Å². The molecule has 2 aromatic carbocycles. The number of hydrogen-bond donors (Lipinski definition) is 1. The molecule has 2 aromatic rings. The van der Waals surface area contributed by atoms with Crippen molar-refractivity contribution in [3.8, 4) is 0 Å². The van der Waals surface area contributed by atoms with Crippen LogP contribution in [0, 0.1) is 0 Å². The number of para-hydroxylation sites is 2. The van der Waals surface area contributed by atoms with Crippen LogP contribution >= 0.6 is 12.4 Å². The third-order valence-corrected chi connectivity index (χ3v) is 4.82. The SMILES string of the molecule is Cl.c1ccc(N2CCN(Cc3cccc4c3NCC4)CC2)cc1. The van der Waals surface area contributed by atoms with Crippen LogP contribution in [0.1, 0.15) is 11.1 Å². The monoisotopic (exact) mass is 329 g/mol. The van der Waals surface area contributed by atoms with Crippen LogP contribution in [0.4, 0.5) is 11.4 Å². The Morgan fingerprint density at radius 1 is 0.870 bits per heavy atom. The van der Waals surface area contributed by atoms with Crippen molar-refractivity contribution in [1.29, 1.82) is 0 Å². The molecule has 0 bridgehead atoms. The van der Waals surface area contributed by atoms with E-state index in [1.807, 2.05) is 0 Å². The highest BCUT2D eigenvalue weighted by Crippen LogP contribution is 2.27. The molecule has 0 radical (unpaired) electrons. The normalized spacial score (nSPS) is 17.3. The van der Waals surface area contributed by atoms with Gasteiger partial charge in [0.1, 0.15) is 0 Å². The Morgan fingerprint density at radius 2 is 1.65 bits per heavy atom. The Hall–Kier alpha value is -1.71. The minimum absolute atomic E-state index is 0. The third-order valence-electron chi connectivity index (χ3n) is 4.82. The summed E-state index contributed by atoms with van der Waals surface area (Å²) in [6.45, 7) is 6.67. The summed E-state index contributed by atoms with van der Waals surface area (Å²) in [5, 5.41) is 3.56. The maximum Gasteiger partial charge on any atom is 0.0419 e. The summed E-state index contributed by atoms with van der Waals surface area (Å²) in [5.41, 5.74) is 5.70. The van der Waals surface area contributed by atoms with E-state index in [1.165, 1.54) is 28.9 Å². The maximum atomic E-state index is 3.56. The predicted molar refractivity (Wildman–Crippen MR) is 99.8 cm³/mol. The zero-order valence-corrected chi connectivity index (χ0v) is 14.2. The first kappa shape index (κ1) is 16.2. The van der Waals surface area contributed by atoms with E-state index in [4.69, 9.17) is 0 Å². The van der Waals surface area contributed by atoms with Crippen molar-refractivity contribution in [2.45, 2.75) is 13.0 Å². The second kappa shape index (κ2) is 7.24. The smallest absolute Gasteiger partial charge is 0.0419 e. The molecule has 4 rings (SSSR count). The number of anilines is 2. The van der Waals surface area contributed by atoms with Gasteiger partial charge in [0.2, 0.25) is 0 Å². The molecule has 23 heavy (non-hydrogen) atoms. The summed E-state index contributed by atoms with van der Waals surface area (Å²) >= 11 is 0. The van der Waals surface area contributed by atoms with Gasteiger partial charge in [0.25, 0.3) is 0 Å². The summed E-state index contributed by atoms with van der Waals surface area (Å²) in [6.07, 6.45) is 1.17. The molecule has 2 aliphatic rings. The second-order valence-corrected chi connectivity index (χ2v) is 6.23. The van der Waals surface area contributed by atoms with Gasteiger partial charge in [-0.25, -0.2) is 0 Å². The zero-order chi connectivity index (χ0) is 14.8. The standard InChI is InChI=1S/C19H23N3.ClH/c1-2-7-18(8-3-1)22-13-11-21(12-14-22)15-17-6-4-5-16-9-10-20-19(16)17;/h1-8,20H,9-15H2;1H. The number of benzene rings is 2. The number of rotatable bonds is 3. The zero-order valence-electron chi connectivity index (χ0n) is 13.4. The van der Waals surface area contributed by atoms with Gasteiger partial charge in [-0.1, -0.05) is 36.4 Å². The van der Waals surface area contributed by atoms with Crippen LogP contribution in [-0.4, -0.2) is 37.6 Å². The minimum atomic E-state index is 0. The van der Waals surface area contributed by atoms with Gasteiger partial charge in [0.05, 0.1) is 0 Å². The van der Waals surface area contributed by atoms with Gasteiger partial charge < -0.3 is 10.2 Å². The molecular weight excluding hydrogens is 306 g/mol. The molecule has 0 aromatic heterocycles. The topological polar surface area (TPSA) is 18.5 Å². The van der Waals surface area contributed by atoms with Gasteiger partial charge in [-0.15, -0.1) is 12.4 Å². The molecule has 0 saturated carbocycles. The molecule has 0 unspecified atom stereocenters. The van der Waals surface area contributed by atoms with E-state index in [9.17, 15) is 0 Å². The summed E-state index contributed by atoms with van der Waals surface area (Å²) in [7, 11) is 0. The highest BCUT2D eigenvalue weighted by atomic mass is 35.5. The fourth-order valence-electron chi connectivity index (χ4n) is 3.59. The van der Waals surface area contributed by atoms with Crippen LogP contribution in [0.3, 0.4) is 0 Å². The Labute approximate surface area is 144 Å². The molecule has 0 atom stereocenters. The molecule has 0 spiro atoms. The molecular formula is C19H24ClN3. The van der Waals surface area contributed by atoms with E-state index in [2.05, 4.69) is 63.6 Å². The third kappa shape index (κ3) is 3.46. The molecule has 1 fully saturated rings. The van der Waals surface area contributed by atoms with Crippen molar-refractivity contribution >= 4 is 23.8 Å². The number of halogens is 1. The molecule has 122 valence electrons. The largest absolute Gasteiger partial charge is 0.384 e. The lowest BCUT2D eigenvalue weighted by Gasteiger charge is -2.36. The molecule has 2 aliphatic heterocycles. The van der Waals surface area contributed by atoms with Crippen molar-refractivity contribution in [3.05, 3.63) is 59.7 Å². The van der Waals surface area contributed by atoms with Crippen LogP contribution in [0.2, 0.25) is 0 Å². The average Bonchev–Trinajstić information content (AvgIpc) is 3.06. The van der Waals surface area contributed by atoms with Crippen LogP contribution in [-0.2, 0) is 13.0 Å². The number of piperazine rings is 1. The fourth-order valence-corrected chi connectivity index (χ4v) is 3.59. The maximum absolute atomic E-state index is 3.56. The molecule has 1 saturated heterocycles. The van der Waals surface area contributed by atoms with Gasteiger partial charge in [-0.2, -0.15) is 0 Å². The van der Waals surface area contributed by atoms with Gasteiger partial charge in [-0.3, -0.25) is 4.90 Å². The first-order chi connectivity index (χ1) is 10.9. The summed E-state index contributed by atoms with van der Waals surface area (Å²) in [5.74, 6) is 0. The minimum Gasteiger partial charge on any atom is -0.384 e. The van der Waals surface area contributed by atoms with Crippen molar-refractivity contribution in [2.24, 2.45) is 0 Å². The van der Waals surface area contributed by atoms with Crippen molar-refractivity contribution < 1.29 is 0 Å². The fraction of sp³-hybridized carbons (Fsp3) is 0.368. The van der Waals surface area contributed by atoms with E-state index >= 15 is 0 Å². The van der Waals surface area contributed by atoms with Crippen molar-refractivity contribution in [3.63, 3.8) is 0 Å². The number of fused-ring (bicyclic) bond motifs is 1. The Balaban J connectivity index is 0.00000156.